The van der Waals surface area contributed by atoms with Crippen LogP contribution in [0.1, 0.15) is 49.9 Å². The van der Waals surface area contributed by atoms with Crippen molar-refractivity contribution in [2.75, 3.05) is 12.3 Å². The summed E-state index contributed by atoms with van der Waals surface area (Å²) in [5.74, 6) is 0.683. The molecule has 2 rings (SSSR count). The number of nitrogens with zero attached hydrogens (tertiary/aromatic N) is 1. The molecule has 0 radical (unpaired) electrons. The quantitative estimate of drug-likeness (QED) is 0.857. The van der Waals surface area contributed by atoms with Gasteiger partial charge in [-0.3, -0.25) is 0 Å². The average Bonchev–Trinajstić information content (AvgIpc) is 2.41. The lowest BCUT2D eigenvalue weighted by Crippen LogP contribution is -2.24. The summed E-state index contributed by atoms with van der Waals surface area (Å²) in [7, 11) is 0. The molecule has 0 spiro atoms. The first kappa shape index (κ1) is 14.6. The molecule has 1 heterocycles. The number of carbonyl (C=O) groups excluding carboxylic acids is 1. The second-order valence-corrected chi connectivity index (χ2v) is 5.34. The highest BCUT2D eigenvalue weighted by Gasteiger charge is 2.21. The molecular weight excluding hydrogens is 256 g/mol. The van der Waals surface area contributed by atoms with E-state index in [2.05, 4.69) is 11.9 Å². The molecule has 1 aliphatic carbocycles. The molecule has 5 heteroatoms. The van der Waals surface area contributed by atoms with Crippen LogP contribution in [-0.2, 0) is 4.74 Å². The van der Waals surface area contributed by atoms with Crippen LogP contribution in [0.15, 0.2) is 12.3 Å². The average molecular weight is 278 g/mol. The van der Waals surface area contributed by atoms with Gasteiger partial charge in [0.05, 0.1) is 24.1 Å². The Bertz CT molecular complexity index is 476. The molecule has 20 heavy (non-hydrogen) atoms. The van der Waals surface area contributed by atoms with Crippen molar-refractivity contribution in [2.45, 2.75) is 45.6 Å². The van der Waals surface area contributed by atoms with E-state index < -0.39 is 5.97 Å². The van der Waals surface area contributed by atoms with Crippen LogP contribution in [0.4, 0.5) is 5.69 Å². The van der Waals surface area contributed by atoms with Crippen molar-refractivity contribution in [1.82, 2.24) is 4.98 Å². The standard InChI is InChI=1S/C15H22N2O3/c1-3-19-15(18)12-8-14(17-9-13(12)16)20-11-6-4-5-10(2)7-11/h8-11H,3-7,16H2,1-2H3. The van der Waals surface area contributed by atoms with Gasteiger partial charge in [-0.25, -0.2) is 9.78 Å². The Kier molecular flexibility index (Phi) is 4.82. The minimum atomic E-state index is -0.436. The molecule has 1 aliphatic rings. The zero-order chi connectivity index (χ0) is 14.5. The van der Waals surface area contributed by atoms with Crippen LogP contribution in [0.3, 0.4) is 0 Å². The van der Waals surface area contributed by atoms with E-state index in [0.717, 1.165) is 12.8 Å². The lowest BCUT2D eigenvalue weighted by molar-refractivity contribution is 0.0526. The Morgan fingerprint density at radius 1 is 1.50 bits per heavy atom. The number of aromatic nitrogens is 1. The van der Waals surface area contributed by atoms with Gasteiger partial charge >= 0.3 is 5.97 Å². The van der Waals surface area contributed by atoms with E-state index in [1.807, 2.05) is 0 Å². The van der Waals surface area contributed by atoms with Gasteiger partial charge in [0.25, 0.3) is 0 Å². The zero-order valence-electron chi connectivity index (χ0n) is 12.1. The first-order chi connectivity index (χ1) is 9.60. The third kappa shape index (κ3) is 3.62. The molecule has 0 aromatic carbocycles. The number of carbonyl (C=O) groups is 1. The summed E-state index contributed by atoms with van der Waals surface area (Å²) >= 11 is 0. The van der Waals surface area contributed by atoms with Crippen LogP contribution in [0.5, 0.6) is 5.88 Å². The number of ether oxygens (including phenoxy) is 2. The Hall–Kier alpha value is -1.78. The van der Waals surface area contributed by atoms with Crippen LogP contribution in [-0.4, -0.2) is 23.7 Å². The largest absolute Gasteiger partial charge is 0.474 e. The summed E-state index contributed by atoms with van der Waals surface area (Å²) in [5.41, 5.74) is 6.39. The number of anilines is 1. The van der Waals surface area contributed by atoms with Gasteiger partial charge in [-0.1, -0.05) is 13.3 Å². The fraction of sp³-hybridized carbons (Fsp3) is 0.600. The molecular formula is C15H22N2O3. The normalized spacial score (nSPS) is 22.3. The number of esters is 1. The minimum Gasteiger partial charge on any atom is -0.474 e. The second-order valence-electron chi connectivity index (χ2n) is 5.34. The van der Waals surface area contributed by atoms with Gasteiger partial charge < -0.3 is 15.2 Å². The zero-order valence-corrected chi connectivity index (χ0v) is 12.1. The summed E-state index contributed by atoms with van der Waals surface area (Å²) in [6.07, 6.45) is 6.11. The minimum absolute atomic E-state index is 0.171. The number of rotatable bonds is 4. The van der Waals surface area contributed by atoms with E-state index in [4.69, 9.17) is 15.2 Å². The highest BCUT2D eigenvalue weighted by Crippen LogP contribution is 2.27. The second kappa shape index (κ2) is 6.59. The fourth-order valence-corrected chi connectivity index (χ4v) is 2.55. The summed E-state index contributed by atoms with van der Waals surface area (Å²) in [4.78, 5) is 15.9. The maximum absolute atomic E-state index is 11.8. The van der Waals surface area contributed by atoms with Gasteiger partial charge in [-0.05, 0) is 32.1 Å². The van der Waals surface area contributed by atoms with Gasteiger partial charge in [0.2, 0.25) is 5.88 Å². The molecule has 2 atom stereocenters. The first-order valence-electron chi connectivity index (χ1n) is 7.19. The smallest absolute Gasteiger partial charge is 0.340 e. The monoisotopic (exact) mass is 278 g/mol. The van der Waals surface area contributed by atoms with Crippen LogP contribution < -0.4 is 10.5 Å². The molecule has 0 bridgehead atoms. The van der Waals surface area contributed by atoms with E-state index >= 15 is 0 Å². The molecule has 1 aromatic rings. The highest BCUT2D eigenvalue weighted by atomic mass is 16.5. The predicted molar refractivity (Wildman–Crippen MR) is 76.7 cm³/mol. The number of pyridine rings is 1. The van der Waals surface area contributed by atoms with Gasteiger partial charge in [-0.2, -0.15) is 0 Å². The summed E-state index contributed by atoms with van der Waals surface area (Å²) in [6.45, 7) is 4.31. The third-order valence-electron chi connectivity index (χ3n) is 3.58. The lowest BCUT2D eigenvalue weighted by Gasteiger charge is -2.27. The maximum atomic E-state index is 11.8. The first-order valence-corrected chi connectivity index (χ1v) is 7.19. The summed E-state index contributed by atoms with van der Waals surface area (Å²) < 4.78 is 10.8. The number of hydrogen-bond donors (Lipinski definition) is 1. The number of nitrogen functional groups attached to an aromatic ring is 1. The van der Waals surface area contributed by atoms with E-state index in [1.54, 1.807) is 13.0 Å². The van der Waals surface area contributed by atoms with E-state index in [0.29, 0.717) is 29.7 Å². The van der Waals surface area contributed by atoms with Crippen LogP contribution >= 0.6 is 0 Å². The predicted octanol–water partition coefficient (Wildman–Crippen LogP) is 2.80. The van der Waals surface area contributed by atoms with Gasteiger partial charge in [-0.15, -0.1) is 0 Å². The van der Waals surface area contributed by atoms with Crippen molar-refractivity contribution in [3.8, 4) is 5.88 Å². The van der Waals surface area contributed by atoms with Crippen LogP contribution in [0, 0.1) is 5.92 Å². The van der Waals surface area contributed by atoms with Crippen LogP contribution in [0.2, 0.25) is 0 Å². The molecule has 2 N–H and O–H groups in total. The molecule has 0 aliphatic heterocycles. The molecule has 1 saturated carbocycles. The molecule has 0 amide bonds. The Morgan fingerprint density at radius 3 is 3.00 bits per heavy atom. The van der Waals surface area contributed by atoms with Crippen molar-refractivity contribution in [3.05, 3.63) is 17.8 Å². The van der Waals surface area contributed by atoms with E-state index in [-0.39, 0.29) is 6.10 Å². The molecule has 0 saturated heterocycles. The topological polar surface area (TPSA) is 74.4 Å². The Labute approximate surface area is 119 Å². The molecule has 2 unspecified atom stereocenters. The van der Waals surface area contributed by atoms with Gasteiger partial charge in [0.1, 0.15) is 6.10 Å². The third-order valence-corrected chi connectivity index (χ3v) is 3.58. The van der Waals surface area contributed by atoms with Gasteiger partial charge in [0, 0.05) is 6.07 Å². The SMILES string of the molecule is CCOC(=O)c1cc(OC2CCCC(C)C2)ncc1N. The Morgan fingerprint density at radius 2 is 2.30 bits per heavy atom. The number of nitrogens with two attached hydrogens (primary N) is 1. The molecule has 110 valence electrons. The van der Waals surface area contributed by atoms with Crippen LogP contribution in [0.25, 0.3) is 0 Å². The van der Waals surface area contributed by atoms with Crippen molar-refractivity contribution < 1.29 is 14.3 Å². The van der Waals surface area contributed by atoms with E-state index in [9.17, 15) is 4.79 Å². The molecule has 1 fully saturated rings. The number of hydrogen-bond acceptors (Lipinski definition) is 5. The van der Waals surface area contributed by atoms with Gasteiger partial charge in [0.15, 0.2) is 0 Å². The Balaban J connectivity index is 2.08. The van der Waals surface area contributed by atoms with E-state index in [1.165, 1.54) is 19.0 Å². The highest BCUT2D eigenvalue weighted by molar-refractivity contribution is 5.95. The van der Waals surface area contributed by atoms with Crippen molar-refractivity contribution in [2.24, 2.45) is 5.92 Å². The summed E-state index contributed by atoms with van der Waals surface area (Å²) in [5, 5.41) is 0. The van der Waals surface area contributed by atoms with Crippen molar-refractivity contribution >= 4 is 11.7 Å². The molecule has 1 aromatic heterocycles. The fourth-order valence-electron chi connectivity index (χ4n) is 2.55. The molecule has 5 nitrogen and oxygen atoms in total. The van der Waals surface area contributed by atoms with Crippen molar-refractivity contribution in [3.63, 3.8) is 0 Å². The maximum Gasteiger partial charge on any atom is 0.340 e. The lowest BCUT2D eigenvalue weighted by atomic mass is 9.89. The van der Waals surface area contributed by atoms with Crippen molar-refractivity contribution in [1.29, 1.82) is 0 Å². The summed E-state index contributed by atoms with van der Waals surface area (Å²) in [6, 6.07) is 1.58.